The molecule has 3 nitrogen and oxygen atoms in total. The highest BCUT2D eigenvalue weighted by atomic mass is 16.5. The first-order valence-corrected chi connectivity index (χ1v) is 3.78. The molecule has 0 aliphatic rings. The fourth-order valence-electron chi connectivity index (χ4n) is 0.627. The summed E-state index contributed by atoms with van der Waals surface area (Å²) in [6, 6.07) is 1.89. The Hall–Kier alpha value is -0.990. The van der Waals surface area contributed by atoms with E-state index in [2.05, 4.69) is 5.10 Å². The van der Waals surface area contributed by atoms with E-state index in [4.69, 9.17) is 4.74 Å². The lowest BCUT2D eigenvalue weighted by atomic mass is 10.5. The zero-order valence-corrected chi connectivity index (χ0v) is 7.88. The number of rotatable bonds is 1. The molecule has 0 unspecified atom stereocenters. The molecule has 0 fully saturated rings. The van der Waals surface area contributed by atoms with Gasteiger partial charge in [-0.2, -0.15) is 0 Å². The van der Waals surface area contributed by atoms with Crippen LogP contribution in [0, 0.1) is 6.92 Å². The van der Waals surface area contributed by atoms with Crippen molar-refractivity contribution >= 4 is 0 Å². The summed E-state index contributed by atoms with van der Waals surface area (Å²) in [4.78, 5) is 0. The molecule has 3 heteroatoms. The van der Waals surface area contributed by atoms with Crippen molar-refractivity contribution in [1.29, 1.82) is 0 Å². The zero-order chi connectivity index (χ0) is 8.85. The summed E-state index contributed by atoms with van der Waals surface area (Å²) < 4.78 is 6.66. The van der Waals surface area contributed by atoms with Crippen molar-refractivity contribution in [3.63, 3.8) is 0 Å². The smallest absolute Gasteiger partial charge is 0.232 e. The van der Waals surface area contributed by atoms with Crippen LogP contribution in [-0.2, 0) is 7.05 Å². The maximum Gasteiger partial charge on any atom is 0.232 e. The highest BCUT2D eigenvalue weighted by Crippen LogP contribution is 2.07. The first kappa shape index (κ1) is 10.0. The summed E-state index contributed by atoms with van der Waals surface area (Å²) in [6.45, 7) is 5.98. The maximum atomic E-state index is 4.88. The summed E-state index contributed by atoms with van der Waals surface area (Å²) in [6.07, 6.45) is 0. The molecular weight excluding hydrogens is 140 g/mol. The van der Waals surface area contributed by atoms with Crippen molar-refractivity contribution in [2.45, 2.75) is 20.8 Å². The normalized spacial score (nSPS) is 8.45. The molecule has 0 radical (unpaired) electrons. The number of aryl methyl sites for hydroxylation is 2. The second-order valence-corrected chi connectivity index (χ2v) is 1.95. The topological polar surface area (TPSA) is 27.1 Å². The molecule has 0 saturated carbocycles. The van der Waals surface area contributed by atoms with Crippen LogP contribution in [0.2, 0.25) is 0 Å². The highest BCUT2D eigenvalue weighted by Gasteiger charge is 1.97. The third kappa shape index (κ3) is 2.62. The lowest BCUT2D eigenvalue weighted by Gasteiger charge is -1.88. The Labute approximate surface area is 68.0 Å². The summed E-state index contributed by atoms with van der Waals surface area (Å²) >= 11 is 0. The van der Waals surface area contributed by atoms with Crippen molar-refractivity contribution in [3.05, 3.63) is 11.8 Å². The molecule has 1 aromatic rings. The van der Waals surface area contributed by atoms with E-state index in [1.807, 2.05) is 33.9 Å². The molecule has 0 aliphatic carbocycles. The SMILES string of the molecule is CC.COc1cc(C)n(C)n1. The van der Waals surface area contributed by atoms with Gasteiger partial charge >= 0.3 is 0 Å². The van der Waals surface area contributed by atoms with E-state index in [-0.39, 0.29) is 0 Å². The highest BCUT2D eigenvalue weighted by molar-refractivity contribution is 5.13. The van der Waals surface area contributed by atoms with Crippen LogP contribution >= 0.6 is 0 Å². The van der Waals surface area contributed by atoms with E-state index >= 15 is 0 Å². The Morgan fingerprint density at radius 2 is 2.00 bits per heavy atom. The van der Waals surface area contributed by atoms with Crippen LogP contribution in [0.25, 0.3) is 0 Å². The van der Waals surface area contributed by atoms with Gasteiger partial charge in [-0.25, -0.2) is 0 Å². The van der Waals surface area contributed by atoms with Crippen LogP contribution in [-0.4, -0.2) is 16.9 Å². The lowest BCUT2D eigenvalue weighted by Crippen LogP contribution is -1.92. The minimum Gasteiger partial charge on any atom is -0.480 e. The van der Waals surface area contributed by atoms with Crippen LogP contribution in [0.15, 0.2) is 6.07 Å². The van der Waals surface area contributed by atoms with Gasteiger partial charge in [0.15, 0.2) is 0 Å². The Balaban J connectivity index is 0.000000461. The number of hydrogen-bond donors (Lipinski definition) is 0. The molecule has 0 atom stereocenters. The lowest BCUT2D eigenvalue weighted by molar-refractivity contribution is 0.392. The Morgan fingerprint density at radius 1 is 1.45 bits per heavy atom. The maximum absolute atomic E-state index is 4.88. The zero-order valence-electron chi connectivity index (χ0n) is 7.88. The van der Waals surface area contributed by atoms with Gasteiger partial charge in [-0.3, -0.25) is 4.68 Å². The molecule has 0 amide bonds. The summed E-state index contributed by atoms with van der Waals surface area (Å²) in [5.74, 6) is 0.676. The number of aromatic nitrogens is 2. The fourth-order valence-corrected chi connectivity index (χ4v) is 0.627. The average Bonchev–Trinajstić information content (AvgIpc) is 2.36. The molecule has 1 heterocycles. The molecule has 0 aromatic carbocycles. The number of ether oxygens (including phenoxy) is 1. The van der Waals surface area contributed by atoms with Crippen molar-refractivity contribution < 1.29 is 4.74 Å². The first-order chi connectivity index (χ1) is 5.24. The minimum atomic E-state index is 0.676. The predicted molar refractivity (Wildman–Crippen MR) is 45.8 cm³/mol. The van der Waals surface area contributed by atoms with E-state index < -0.39 is 0 Å². The first-order valence-electron chi connectivity index (χ1n) is 3.78. The van der Waals surface area contributed by atoms with Crippen LogP contribution < -0.4 is 4.74 Å². The molecule has 0 N–H and O–H groups in total. The number of hydrogen-bond acceptors (Lipinski definition) is 2. The second kappa shape index (κ2) is 4.77. The molecule has 0 spiro atoms. The van der Waals surface area contributed by atoms with E-state index in [0.717, 1.165) is 5.69 Å². The summed E-state index contributed by atoms with van der Waals surface area (Å²) in [5.41, 5.74) is 1.10. The standard InChI is InChI=1S/C6H10N2O.C2H6/c1-5-4-6(9-3)7-8(5)2;1-2/h4H,1-3H3;1-2H3. The van der Waals surface area contributed by atoms with Gasteiger partial charge in [-0.05, 0) is 6.92 Å². The third-order valence-corrected chi connectivity index (χ3v) is 1.30. The van der Waals surface area contributed by atoms with Gasteiger partial charge in [0.05, 0.1) is 7.11 Å². The summed E-state index contributed by atoms with van der Waals surface area (Å²) in [7, 11) is 3.50. The average molecular weight is 156 g/mol. The summed E-state index contributed by atoms with van der Waals surface area (Å²) in [5, 5.41) is 4.02. The number of methoxy groups -OCH3 is 1. The Bertz CT molecular complexity index is 186. The van der Waals surface area contributed by atoms with Crippen LogP contribution in [0.5, 0.6) is 5.88 Å². The van der Waals surface area contributed by atoms with Crippen LogP contribution in [0.4, 0.5) is 0 Å². The van der Waals surface area contributed by atoms with Gasteiger partial charge in [0.1, 0.15) is 0 Å². The molecule has 1 rings (SSSR count). The second-order valence-electron chi connectivity index (χ2n) is 1.95. The van der Waals surface area contributed by atoms with Crippen molar-refractivity contribution in [2.24, 2.45) is 7.05 Å². The van der Waals surface area contributed by atoms with E-state index in [9.17, 15) is 0 Å². The molecule has 64 valence electrons. The van der Waals surface area contributed by atoms with Gasteiger partial charge in [0.25, 0.3) is 0 Å². The van der Waals surface area contributed by atoms with Crippen LogP contribution in [0.1, 0.15) is 19.5 Å². The fraction of sp³-hybridized carbons (Fsp3) is 0.625. The van der Waals surface area contributed by atoms with E-state index in [0.29, 0.717) is 5.88 Å². The van der Waals surface area contributed by atoms with Gasteiger partial charge in [-0.15, -0.1) is 5.10 Å². The predicted octanol–water partition coefficient (Wildman–Crippen LogP) is 1.76. The molecule has 0 bridgehead atoms. The molecular formula is C8H16N2O. The molecule has 11 heavy (non-hydrogen) atoms. The van der Waals surface area contributed by atoms with E-state index in [1.54, 1.807) is 11.8 Å². The van der Waals surface area contributed by atoms with Gasteiger partial charge < -0.3 is 4.74 Å². The van der Waals surface area contributed by atoms with Gasteiger partial charge in [0.2, 0.25) is 5.88 Å². The third-order valence-electron chi connectivity index (χ3n) is 1.30. The Kier molecular flexibility index (Phi) is 4.34. The molecule has 1 aromatic heterocycles. The largest absolute Gasteiger partial charge is 0.480 e. The minimum absolute atomic E-state index is 0.676. The molecule has 0 aliphatic heterocycles. The molecule has 0 saturated heterocycles. The van der Waals surface area contributed by atoms with Crippen molar-refractivity contribution in [1.82, 2.24) is 9.78 Å². The van der Waals surface area contributed by atoms with Gasteiger partial charge in [0, 0.05) is 18.8 Å². The van der Waals surface area contributed by atoms with Gasteiger partial charge in [-0.1, -0.05) is 13.8 Å². The van der Waals surface area contributed by atoms with Crippen molar-refractivity contribution in [2.75, 3.05) is 7.11 Å². The number of nitrogens with zero attached hydrogens (tertiary/aromatic N) is 2. The van der Waals surface area contributed by atoms with E-state index in [1.165, 1.54) is 0 Å². The quantitative estimate of drug-likeness (QED) is 0.619. The van der Waals surface area contributed by atoms with Crippen LogP contribution in [0.3, 0.4) is 0 Å². The monoisotopic (exact) mass is 156 g/mol. The van der Waals surface area contributed by atoms with Crippen molar-refractivity contribution in [3.8, 4) is 5.88 Å². The Morgan fingerprint density at radius 3 is 2.18 bits per heavy atom.